The van der Waals surface area contributed by atoms with Crippen LogP contribution in [0.1, 0.15) is 50.4 Å². The van der Waals surface area contributed by atoms with E-state index in [4.69, 9.17) is 0 Å². The first-order valence-corrected chi connectivity index (χ1v) is 6.86. The molecule has 2 rings (SSSR count). The first kappa shape index (κ1) is 13.0. The number of hydrogen-bond donors (Lipinski definition) is 0. The van der Waals surface area contributed by atoms with E-state index in [2.05, 4.69) is 73.7 Å². The topological polar surface area (TPSA) is 9.86 Å². The third-order valence-corrected chi connectivity index (χ3v) is 3.59. The zero-order valence-corrected chi connectivity index (χ0v) is 11.9. The van der Waals surface area contributed by atoms with Crippen molar-refractivity contribution in [3.8, 4) is 0 Å². The summed E-state index contributed by atoms with van der Waals surface area (Å²) >= 11 is 0. The first-order chi connectivity index (χ1) is 8.56. The Morgan fingerprint density at radius 2 is 1.72 bits per heavy atom. The predicted molar refractivity (Wildman–Crippen MR) is 77.0 cm³/mol. The van der Waals surface area contributed by atoms with Crippen molar-refractivity contribution in [3.63, 3.8) is 0 Å². The highest BCUT2D eigenvalue weighted by Crippen LogP contribution is 2.17. The van der Waals surface area contributed by atoms with Crippen molar-refractivity contribution in [2.24, 2.45) is 0 Å². The van der Waals surface area contributed by atoms with Gasteiger partial charge < -0.3 is 9.13 Å². The van der Waals surface area contributed by atoms with Crippen LogP contribution in [0, 0.1) is 6.92 Å². The molecule has 2 aromatic heterocycles. The molecule has 0 spiro atoms. The van der Waals surface area contributed by atoms with Crippen molar-refractivity contribution in [1.29, 1.82) is 0 Å². The second kappa shape index (κ2) is 5.47. The second-order valence-corrected chi connectivity index (χ2v) is 5.58. The number of hydrogen-bond acceptors (Lipinski definition) is 0. The summed E-state index contributed by atoms with van der Waals surface area (Å²) in [4.78, 5) is 0. The molecule has 18 heavy (non-hydrogen) atoms. The minimum absolute atomic E-state index is 0.559. The van der Waals surface area contributed by atoms with Crippen molar-refractivity contribution in [1.82, 2.24) is 9.13 Å². The molecule has 0 amide bonds. The van der Waals surface area contributed by atoms with Crippen LogP contribution in [0.4, 0.5) is 0 Å². The number of aromatic nitrogens is 2. The zero-order chi connectivity index (χ0) is 13.1. The second-order valence-electron chi connectivity index (χ2n) is 5.58. The zero-order valence-electron chi connectivity index (χ0n) is 11.9. The van der Waals surface area contributed by atoms with Gasteiger partial charge in [0.15, 0.2) is 0 Å². The molecule has 2 heteroatoms. The molecule has 0 saturated carbocycles. The van der Waals surface area contributed by atoms with Gasteiger partial charge in [0.05, 0.1) is 0 Å². The van der Waals surface area contributed by atoms with Gasteiger partial charge >= 0.3 is 0 Å². The fraction of sp³-hybridized carbons (Fsp3) is 0.500. The maximum Gasteiger partial charge on any atom is 0.0305 e. The third-order valence-electron chi connectivity index (χ3n) is 3.59. The summed E-state index contributed by atoms with van der Waals surface area (Å²) in [5.41, 5.74) is 2.78. The third kappa shape index (κ3) is 3.06. The molecule has 1 atom stereocenters. The van der Waals surface area contributed by atoms with Crippen LogP contribution in [0.25, 0.3) is 0 Å². The average molecular weight is 244 g/mol. The number of rotatable bonds is 5. The van der Waals surface area contributed by atoms with Crippen LogP contribution in [0.5, 0.6) is 0 Å². The Hall–Kier alpha value is -1.44. The fourth-order valence-electron chi connectivity index (χ4n) is 2.25. The van der Waals surface area contributed by atoms with Gasteiger partial charge in [0.2, 0.25) is 0 Å². The van der Waals surface area contributed by atoms with Crippen LogP contribution < -0.4 is 0 Å². The van der Waals surface area contributed by atoms with Crippen LogP contribution in [0.2, 0.25) is 0 Å². The molecular formula is C16H24N2. The number of aryl methyl sites for hydroxylation is 2. The molecule has 0 fully saturated rings. The highest BCUT2D eigenvalue weighted by Gasteiger charge is 2.06. The van der Waals surface area contributed by atoms with Crippen LogP contribution in [0.15, 0.2) is 36.9 Å². The monoisotopic (exact) mass is 244 g/mol. The van der Waals surface area contributed by atoms with Gasteiger partial charge in [-0.05, 0) is 63.8 Å². The molecule has 0 saturated heterocycles. The minimum atomic E-state index is 0.559. The standard InChI is InChI=1S/C16H24N2/c1-13(2)17-10-8-16(12-17)6-5-15(4)18-9-7-14(3)11-18/h7-13,15H,5-6H2,1-4H3. The molecule has 0 aliphatic carbocycles. The smallest absolute Gasteiger partial charge is 0.0305 e. The van der Waals surface area contributed by atoms with Crippen molar-refractivity contribution < 1.29 is 0 Å². The molecule has 0 aliphatic heterocycles. The predicted octanol–water partition coefficient (Wildman–Crippen LogP) is 4.37. The van der Waals surface area contributed by atoms with Crippen LogP contribution >= 0.6 is 0 Å². The molecule has 2 heterocycles. The lowest BCUT2D eigenvalue weighted by Crippen LogP contribution is -2.03. The van der Waals surface area contributed by atoms with E-state index in [0.717, 1.165) is 6.42 Å². The SMILES string of the molecule is Cc1ccn(C(C)CCc2ccn(C(C)C)c2)c1. The van der Waals surface area contributed by atoms with E-state index in [1.54, 1.807) is 0 Å². The summed E-state index contributed by atoms with van der Waals surface area (Å²) in [6.07, 6.45) is 11.2. The summed E-state index contributed by atoms with van der Waals surface area (Å²) in [6.45, 7) is 8.87. The van der Waals surface area contributed by atoms with E-state index in [0.29, 0.717) is 12.1 Å². The Bertz CT molecular complexity index is 491. The van der Waals surface area contributed by atoms with E-state index >= 15 is 0 Å². The van der Waals surface area contributed by atoms with Crippen LogP contribution in [-0.4, -0.2) is 9.13 Å². The van der Waals surface area contributed by atoms with Gasteiger partial charge in [-0.1, -0.05) is 0 Å². The lowest BCUT2D eigenvalue weighted by Gasteiger charge is -2.13. The summed E-state index contributed by atoms with van der Waals surface area (Å²) in [5.74, 6) is 0. The van der Waals surface area contributed by atoms with Gasteiger partial charge in [-0.25, -0.2) is 0 Å². The van der Waals surface area contributed by atoms with Crippen molar-refractivity contribution in [2.75, 3.05) is 0 Å². The molecule has 0 N–H and O–H groups in total. The lowest BCUT2D eigenvalue weighted by molar-refractivity contribution is 0.508. The molecule has 0 aliphatic rings. The van der Waals surface area contributed by atoms with Crippen LogP contribution in [0.3, 0.4) is 0 Å². The van der Waals surface area contributed by atoms with E-state index in [1.165, 1.54) is 17.5 Å². The highest BCUT2D eigenvalue weighted by atomic mass is 15.0. The molecule has 2 nitrogen and oxygen atoms in total. The first-order valence-electron chi connectivity index (χ1n) is 6.86. The summed E-state index contributed by atoms with van der Waals surface area (Å²) in [7, 11) is 0. The molecule has 0 aromatic carbocycles. The Labute approximate surface area is 110 Å². The molecular weight excluding hydrogens is 220 g/mol. The van der Waals surface area contributed by atoms with Gasteiger partial charge in [-0.2, -0.15) is 0 Å². The molecule has 98 valence electrons. The molecule has 1 unspecified atom stereocenters. The summed E-state index contributed by atoms with van der Waals surface area (Å²) < 4.78 is 4.59. The van der Waals surface area contributed by atoms with Crippen molar-refractivity contribution >= 4 is 0 Å². The van der Waals surface area contributed by atoms with Crippen molar-refractivity contribution in [3.05, 3.63) is 48.0 Å². The quantitative estimate of drug-likeness (QED) is 0.739. The Kier molecular flexibility index (Phi) is 3.95. The van der Waals surface area contributed by atoms with Gasteiger partial charge in [0.1, 0.15) is 0 Å². The number of nitrogens with zero attached hydrogens (tertiary/aromatic N) is 2. The Morgan fingerprint density at radius 1 is 1.00 bits per heavy atom. The van der Waals surface area contributed by atoms with E-state index in [-0.39, 0.29) is 0 Å². The molecule has 0 radical (unpaired) electrons. The Balaban J connectivity index is 1.90. The minimum Gasteiger partial charge on any atom is -0.352 e. The molecule has 2 aromatic rings. The summed E-state index contributed by atoms with van der Waals surface area (Å²) in [6, 6.07) is 5.55. The van der Waals surface area contributed by atoms with Gasteiger partial charge in [0.25, 0.3) is 0 Å². The van der Waals surface area contributed by atoms with Crippen molar-refractivity contribution in [2.45, 2.75) is 52.6 Å². The largest absolute Gasteiger partial charge is 0.352 e. The lowest BCUT2D eigenvalue weighted by atomic mass is 10.1. The van der Waals surface area contributed by atoms with E-state index in [9.17, 15) is 0 Å². The van der Waals surface area contributed by atoms with Gasteiger partial charge in [0, 0.05) is 36.9 Å². The maximum absolute atomic E-state index is 2.31. The highest BCUT2D eigenvalue weighted by molar-refractivity contribution is 5.12. The van der Waals surface area contributed by atoms with E-state index < -0.39 is 0 Å². The normalized spacial score (nSPS) is 13.2. The maximum atomic E-state index is 2.31. The summed E-state index contributed by atoms with van der Waals surface area (Å²) in [5, 5.41) is 0. The molecule has 0 bridgehead atoms. The fourth-order valence-corrected chi connectivity index (χ4v) is 2.25. The van der Waals surface area contributed by atoms with E-state index in [1.807, 2.05) is 0 Å². The Morgan fingerprint density at radius 3 is 2.28 bits per heavy atom. The van der Waals surface area contributed by atoms with Gasteiger partial charge in [-0.3, -0.25) is 0 Å². The average Bonchev–Trinajstić information content (AvgIpc) is 2.94. The van der Waals surface area contributed by atoms with Crippen LogP contribution in [-0.2, 0) is 6.42 Å². The van der Waals surface area contributed by atoms with Gasteiger partial charge in [-0.15, -0.1) is 0 Å².